The van der Waals surface area contributed by atoms with Gasteiger partial charge in [-0.15, -0.1) is 0 Å². The zero-order chi connectivity index (χ0) is 10.7. The van der Waals surface area contributed by atoms with Crippen molar-refractivity contribution in [3.63, 3.8) is 0 Å². The highest BCUT2D eigenvalue weighted by molar-refractivity contribution is 5.91. The molecule has 2 N–H and O–H groups in total. The zero-order valence-electron chi connectivity index (χ0n) is 7.83. The van der Waals surface area contributed by atoms with E-state index in [4.69, 9.17) is 10.5 Å². The molecule has 0 radical (unpaired) electrons. The number of methoxy groups -OCH3 is 2. The minimum atomic E-state index is -0.687. The number of anilines is 1. The van der Waals surface area contributed by atoms with E-state index in [2.05, 4.69) is 4.74 Å². The van der Waals surface area contributed by atoms with Crippen LogP contribution in [0.1, 0.15) is 10.4 Å². The van der Waals surface area contributed by atoms with Crippen molar-refractivity contribution in [3.8, 4) is 5.75 Å². The Morgan fingerprint density at radius 1 is 1.43 bits per heavy atom. The van der Waals surface area contributed by atoms with E-state index in [0.29, 0.717) is 0 Å². The Balaban J connectivity index is 3.20. The fraction of sp³-hybridized carbons (Fsp3) is 0.222. The maximum absolute atomic E-state index is 13.2. The van der Waals surface area contributed by atoms with Gasteiger partial charge in [-0.2, -0.15) is 0 Å². The summed E-state index contributed by atoms with van der Waals surface area (Å²) in [4.78, 5) is 11.0. The molecular formula is C9H10FNO3. The minimum Gasteiger partial charge on any atom is -0.492 e. The van der Waals surface area contributed by atoms with Crippen LogP contribution in [0.4, 0.5) is 10.1 Å². The summed E-state index contributed by atoms with van der Waals surface area (Å²) >= 11 is 0. The molecule has 0 amide bonds. The fourth-order valence-corrected chi connectivity index (χ4v) is 1.07. The molecule has 0 heterocycles. The highest BCUT2D eigenvalue weighted by atomic mass is 19.1. The molecule has 0 unspecified atom stereocenters. The minimum absolute atomic E-state index is 0.0586. The lowest BCUT2D eigenvalue weighted by Crippen LogP contribution is -2.04. The van der Waals surface area contributed by atoms with Crippen LogP contribution in [0.2, 0.25) is 0 Å². The van der Waals surface area contributed by atoms with E-state index < -0.39 is 11.8 Å². The number of nitrogen functional groups attached to an aromatic ring is 1. The number of esters is 1. The van der Waals surface area contributed by atoms with Gasteiger partial charge in [-0.25, -0.2) is 9.18 Å². The molecule has 76 valence electrons. The predicted molar refractivity (Wildman–Crippen MR) is 48.7 cm³/mol. The number of carbonyl (C=O) groups excluding carboxylic acids is 1. The molecule has 0 bridgehead atoms. The molecule has 0 aliphatic rings. The van der Waals surface area contributed by atoms with E-state index in [1.165, 1.54) is 20.3 Å². The second-order valence-electron chi connectivity index (χ2n) is 2.57. The first-order valence-electron chi connectivity index (χ1n) is 3.81. The molecular weight excluding hydrogens is 189 g/mol. The van der Waals surface area contributed by atoms with Crippen LogP contribution in [0.15, 0.2) is 12.1 Å². The van der Waals surface area contributed by atoms with Crippen LogP contribution in [0.3, 0.4) is 0 Å². The number of halogens is 1. The highest BCUT2D eigenvalue weighted by Gasteiger charge is 2.13. The fourth-order valence-electron chi connectivity index (χ4n) is 1.07. The Morgan fingerprint density at radius 3 is 2.50 bits per heavy atom. The lowest BCUT2D eigenvalue weighted by Gasteiger charge is -2.07. The molecule has 0 atom stereocenters. The Bertz CT molecular complexity index is 342. The van der Waals surface area contributed by atoms with Gasteiger partial charge < -0.3 is 15.2 Å². The standard InChI is InChI=1S/C9H10FNO3/c1-13-8-6(10)3-5(4-7(8)11)9(12)14-2/h3-4H,11H2,1-2H3. The van der Waals surface area contributed by atoms with Crippen molar-refractivity contribution in [1.82, 2.24) is 0 Å². The largest absolute Gasteiger partial charge is 0.492 e. The number of hydrogen-bond acceptors (Lipinski definition) is 4. The second kappa shape index (κ2) is 3.95. The third kappa shape index (κ3) is 1.76. The number of carbonyl (C=O) groups is 1. The van der Waals surface area contributed by atoms with Gasteiger partial charge in [0.05, 0.1) is 25.5 Å². The van der Waals surface area contributed by atoms with E-state index in [1.54, 1.807) is 0 Å². The van der Waals surface area contributed by atoms with Crippen molar-refractivity contribution in [2.45, 2.75) is 0 Å². The number of ether oxygens (including phenoxy) is 2. The van der Waals surface area contributed by atoms with Gasteiger partial charge in [-0.1, -0.05) is 0 Å². The van der Waals surface area contributed by atoms with Gasteiger partial charge in [0.25, 0.3) is 0 Å². The number of benzene rings is 1. The number of nitrogens with two attached hydrogens (primary N) is 1. The molecule has 5 heteroatoms. The van der Waals surface area contributed by atoms with Crippen LogP contribution < -0.4 is 10.5 Å². The first kappa shape index (κ1) is 10.3. The summed E-state index contributed by atoms with van der Waals surface area (Å²) in [6.07, 6.45) is 0. The molecule has 0 aliphatic heterocycles. The summed E-state index contributed by atoms with van der Waals surface area (Å²) < 4.78 is 22.3. The Kier molecular flexibility index (Phi) is 2.91. The molecule has 0 saturated carbocycles. The van der Waals surface area contributed by atoms with Gasteiger partial charge in [0, 0.05) is 0 Å². The van der Waals surface area contributed by atoms with Crippen molar-refractivity contribution >= 4 is 11.7 Å². The van der Waals surface area contributed by atoms with Crippen molar-refractivity contribution in [3.05, 3.63) is 23.5 Å². The first-order chi connectivity index (χ1) is 6.60. The van der Waals surface area contributed by atoms with Gasteiger partial charge in [0.2, 0.25) is 0 Å². The van der Waals surface area contributed by atoms with Crippen LogP contribution in [-0.2, 0) is 4.74 Å². The average molecular weight is 199 g/mol. The van der Waals surface area contributed by atoms with Crippen molar-refractivity contribution < 1.29 is 18.7 Å². The molecule has 0 aromatic heterocycles. The van der Waals surface area contributed by atoms with Gasteiger partial charge in [-0.05, 0) is 12.1 Å². The Morgan fingerprint density at radius 2 is 2.07 bits per heavy atom. The monoisotopic (exact) mass is 199 g/mol. The molecule has 0 fully saturated rings. The first-order valence-corrected chi connectivity index (χ1v) is 3.81. The zero-order valence-corrected chi connectivity index (χ0v) is 7.83. The quantitative estimate of drug-likeness (QED) is 0.574. The maximum atomic E-state index is 13.2. The summed E-state index contributed by atoms with van der Waals surface area (Å²) in [7, 11) is 2.51. The number of rotatable bonds is 2. The van der Waals surface area contributed by atoms with Crippen LogP contribution in [0.25, 0.3) is 0 Å². The van der Waals surface area contributed by atoms with E-state index >= 15 is 0 Å². The Labute approximate surface area is 80.4 Å². The summed E-state index contributed by atoms with van der Waals surface area (Å²) in [6.45, 7) is 0. The molecule has 4 nitrogen and oxygen atoms in total. The van der Waals surface area contributed by atoms with Gasteiger partial charge >= 0.3 is 5.97 Å². The smallest absolute Gasteiger partial charge is 0.338 e. The molecule has 0 saturated heterocycles. The van der Waals surface area contributed by atoms with Gasteiger partial charge in [0.1, 0.15) is 0 Å². The molecule has 0 aliphatic carbocycles. The van der Waals surface area contributed by atoms with Crippen LogP contribution >= 0.6 is 0 Å². The summed E-state index contributed by atoms with van der Waals surface area (Å²) in [5.74, 6) is -1.40. The molecule has 1 rings (SSSR count). The van der Waals surface area contributed by atoms with Crippen LogP contribution in [0, 0.1) is 5.82 Å². The van der Waals surface area contributed by atoms with E-state index in [1.807, 2.05) is 0 Å². The lowest BCUT2D eigenvalue weighted by atomic mass is 10.2. The predicted octanol–water partition coefficient (Wildman–Crippen LogP) is 1.20. The van der Waals surface area contributed by atoms with Crippen LogP contribution in [-0.4, -0.2) is 20.2 Å². The van der Waals surface area contributed by atoms with E-state index in [9.17, 15) is 9.18 Å². The topological polar surface area (TPSA) is 61.5 Å². The summed E-state index contributed by atoms with van der Waals surface area (Å²) in [6, 6.07) is 2.31. The van der Waals surface area contributed by atoms with Gasteiger partial charge in [0.15, 0.2) is 11.6 Å². The second-order valence-corrected chi connectivity index (χ2v) is 2.57. The van der Waals surface area contributed by atoms with E-state index in [-0.39, 0.29) is 17.0 Å². The Hall–Kier alpha value is -1.78. The lowest BCUT2D eigenvalue weighted by molar-refractivity contribution is 0.0600. The summed E-state index contributed by atoms with van der Waals surface area (Å²) in [5, 5.41) is 0. The van der Waals surface area contributed by atoms with Crippen molar-refractivity contribution in [1.29, 1.82) is 0 Å². The molecule has 1 aromatic carbocycles. The average Bonchev–Trinajstić information content (AvgIpc) is 2.16. The van der Waals surface area contributed by atoms with E-state index in [0.717, 1.165) is 6.07 Å². The summed E-state index contributed by atoms with van der Waals surface area (Å²) in [5.41, 5.74) is 5.57. The highest BCUT2D eigenvalue weighted by Crippen LogP contribution is 2.26. The number of hydrogen-bond donors (Lipinski definition) is 1. The molecule has 0 spiro atoms. The SMILES string of the molecule is COC(=O)c1cc(N)c(OC)c(F)c1. The maximum Gasteiger partial charge on any atom is 0.338 e. The third-order valence-corrected chi connectivity index (χ3v) is 1.70. The molecule has 1 aromatic rings. The molecule has 14 heavy (non-hydrogen) atoms. The van der Waals surface area contributed by atoms with Crippen molar-refractivity contribution in [2.75, 3.05) is 20.0 Å². The van der Waals surface area contributed by atoms with Crippen molar-refractivity contribution in [2.24, 2.45) is 0 Å². The van der Waals surface area contributed by atoms with Gasteiger partial charge in [-0.3, -0.25) is 0 Å². The van der Waals surface area contributed by atoms with Crippen LogP contribution in [0.5, 0.6) is 5.75 Å². The third-order valence-electron chi connectivity index (χ3n) is 1.70. The normalized spacial score (nSPS) is 9.64.